The first-order chi connectivity index (χ1) is 35.6. The van der Waals surface area contributed by atoms with Gasteiger partial charge in [-0.3, -0.25) is 33.8 Å². The minimum Gasteiger partial charge on any atom is -0.484 e. The van der Waals surface area contributed by atoms with Gasteiger partial charge in [0.05, 0.1) is 44.9 Å². The second kappa shape index (κ2) is 23.7. The Bertz CT molecular complexity index is 3140. The number of aromatic amines is 1. The smallest absolute Gasteiger partial charge is 0.254 e. The number of aliphatic hydroxyl groups excluding tert-OH is 1. The molecule has 5 amide bonds. The minimum atomic E-state index is -3.68. The summed E-state index contributed by atoms with van der Waals surface area (Å²) >= 11 is 1.55. The van der Waals surface area contributed by atoms with Gasteiger partial charge in [0.25, 0.3) is 11.8 Å². The van der Waals surface area contributed by atoms with E-state index in [0.29, 0.717) is 5.56 Å². The van der Waals surface area contributed by atoms with E-state index in [1.807, 2.05) is 69.3 Å². The van der Waals surface area contributed by atoms with Crippen LogP contribution in [-0.2, 0) is 31.0 Å². The first-order valence-corrected chi connectivity index (χ1v) is 27.0. The quantitative estimate of drug-likeness (QED) is 0.0369. The molecule has 0 aliphatic carbocycles. The number of likely N-dealkylation sites (tertiary alicyclic amines) is 1. The number of primary amides is 1. The zero-order chi connectivity index (χ0) is 54.2. The molecule has 0 spiro atoms. The summed E-state index contributed by atoms with van der Waals surface area (Å²) in [5, 5.41) is 29.2. The monoisotopic (exact) mass is 1060 g/mol. The third-order valence-corrected chi connectivity index (χ3v) is 14.9. The fraction of sp³-hybridized carbons (Fsp3) is 0.358. The highest BCUT2D eigenvalue weighted by Gasteiger charge is 2.44. The molecule has 6 aromatic rings. The lowest BCUT2D eigenvalue weighted by Crippen LogP contribution is -2.57. The summed E-state index contributed by atoms with van der Waals surface area (Å²) in [7, 11) is -3.68. The number of thiazole rings is 1. The summed E-state index contributed by atoms with van der Waals surface area (Å²) in [5.41, 5.74) is 12.7. The first kappa shape index (κ1) is 55.1. The Morgan fingerprint density at radius 2 is 1.68 bits per heavy atom. The molecular weight excluding hydrogens is 999 g/mol. The summed E-state index contributed by atoms with van der Waals surface area (Å²) in [6, 6.07) is 21.3. The molecular formula is C53H63N11O9S2. The Morgan fingerprint density at radius 1 is 0.960 bits per heavy atom. The fourth-order valence-electron chi connectivity index (χ4n) is 8.37. The van der Waals surface area contributed by atoms with E-state index in [2.05, 4.69) is 46.2 Å². The van der Waals surface area contributed by atoms with Gasteiger partial charge in [-0.2, -0.15) is 5.10 Å². The zero-order valence-electron chi connectivity index (χ0n) is 42.8. The van der Waals surface area contributed by atoms with Gasteiger partial charge in [0.1, 0.15) is 35.3 Å². The molecule has 7 rings (SSSR count). The normalized spacial score (nSPS) is 15.4. The maximum absolute atomic E-state index is 14.1. The number of anilines is 3. The minimum absolute atomic E-state index is 0.0150. The van der Waals surface area contributed by atoms with Crippen LogP contribution in [-0.4, -0.2) is 105 Å². The number of pyridine rings is 1. The number of benzene rings is 3. The number of aliphatic hydroxyl groups is 1. The van der Waals surface area contributed by atoms with Crippen molar-refractivity contribution in [2.75, 3.05) is 28.9 Å². The van der Waals surface area contributed by atoms with Gasteiger partial charge in [-0.25, -0.2) is 18.4 Å². The fourth-order valence-corrected chi connectivity index (χ4v) is 9.83. The van der Waals surface area contributed by atoms with Crippen molar-refractivity contribution in [1.82, 2.24) is 41.0 Å². The molecule has 1 saturated heterocycles. The molecule has 1 aliphatic rings. The number of sulfonamides is 1. The van der Waals surface area contributed by atoms with Crippen LogP contribution in [0, 0.1) is 19.3 Å². The number of nitrogens with two attached hydrogens (primary N) is 1. The van der Waals surface area contributed by atoms with Crippen LogP contribution in [0.2, 0.25) is 0 Å². The van der Waals surface area contributed by atoms with E-state index in [4.69, 9.17) is 10.5 Å². The number of aromatic nitrogens is 4. The number of β-amino-alcohol motifs (C(OH)–C–C–N with tert-alkyl or cyclic N) is 1. The van der Waals surface area contributed by atoms with E-state index in [-0.39, 0.29) is 84.5 Å². The molecule has 20 nitrogen and oxygen atoms in total. The highest BCUT2D eigenvalue weighted by atomic mass is 32.2. The molecule has 1 aliphatic heterocycles. The Hall–Kier alpha value is -7.69. The van der Waals surface area contributed by atoms with Crippen molar-refractivity contribution in [2.45, 2.75) is 98.6 Å². The molecule has 4 atom stereocenters. The van der Waals surface area contributed by atoms with Gasteiger partial charge < -0.3 is 41.7 Å². The second-order valence-electron chi connectivity index (χ2n) is 19.4. The molecule has 9 N–H and O–H groups in total. The molecule has 1 unspecified atom stereocenters. The number of hydrogen-bond acceptors (Lipinski definition) is 14. The van der Waals surface area contributed by atoms with Crippen molar-refractivity contribution in [3.05, 3.63) is 124 Å². The Labute approximate surface area is 439 Å². The molecule has 75 heavy (non-hydrogen) atoms. The van der Waals surface area contributed by atoms with Crippen LogP contribution in [0.15, 0.2) is 90.6 Å². The zero-order valence-corrected chi connectivity index (χ0v) is 44.4. The van der Waals surface area contributed by atoms with Crippen molar-refractivity contribution < 1.29 is 42.2 Å². The molecule has 3 aromatic carbocycles. The van der Waals surface area contributed by atoms with Crippen LogP contribution in [0.5, 0.6) is 5.75 Å². The van der Waals surface area contributed by atoms with Gasteiger partial charge in [0.15, 0.2) is 5.82 Å². The number of H-pyrrole nitrogens is 1. The summed E-state index contributed by atoms with van der Waals surface area (Å²) in [6.07, 6.45) is 0.195. The third kappa shape index (κ3) is 13.9. The summed E-state index contributed by atoms with van der Waals surface area (Å²) < 4.78 is 34.1. The standard InChI is InChI=1S/C53H63N11O9S2/c1-8-75(71,72)63-39-21-19-36(24-41(39)73-32(4)34-15-11-30(2)12-16-34)45-44(48(54)67)49(62-61-45)59-42-22-20-37(27-56-42)50(68)55-23-9-10-43(66)60-47(53(5,6)7)52(70)64-28-38(65)25-40(64)51(69)57-26-33-13-17-35(18-14-33)46-31(3)58-29-74-46/h11-22,24,27,29,32,38,40,47,63,65H,8-10,23,25-26,28H2,1-7H3,(H2,54,67)(H,55,68)(H,57,69)(H,60,66)(H2,56,59,61,62)/t32-,38+,40?,47+/m0/s1. The largest absolute Gasteiger partial charge is 0.484 e. The van der Waals surface area contributed by atoms with Crippen LogP contribution in [0.25, 0.3) is 21.7 Å². The average molecular weight is 1060 g/mol. The Balaban J connectivity index is 0.919. The predicted octanol–water partition coefficient (Wildman–Crippen LogP) is 6.28. The van der Waals surface area contributed by atoms with Gasteiger partial charge in [0.2, 0.25) is 27.7 Å². The lowest BCUT2D eigenvalue weighted by atomic mass is 9.85. The number of rotatable bonds is 21. The number of aryl methyl sites for hydroxylation is 2. The second-order valence-corrected chi connectivity index (χ2v) is 22.3. The highest BCUT2D eigenvalue weighted by molar-refractivity contribution is 7.92. The maximum Gasteiger partial charge on any atom is 0.254 e. The number of carbonyl (C=O) groups excluding carboxylic acids is 5. The molecule has 4 heterocycles. The van der Waals surface area contributed by atoms with Crippen molar-refractivity contribution in [1.29, 1.82) is 0 Å². The van der Waals surface area contributed by atoms with Crippen LogP contribution >= 0.6 is 11.3 Å². The van der Waals surface area contributed by atoms with E-state index in [9.17, 15) is 37.5 Å². The lowest BCUT2D eigenvalue weighted by Gasteiger charge is -2.35. The number of nitrogens with zero attached hydrogens (tertiary/aromatic N) is 4. The number of nitrogens with one attached hydrogen (secondary N) is 6. The molecule has 1 fully saturated rings. The Morgan fingerprint density at radius 3 is 2.32 bits per heavy atom. The van der Waals surface area contributed by atoms with Gasteiger partial charge in [-0.15, -0.1) is 11.3 Å². The SMILES string of the molecule is CCS(=O)(=O)Nc1ccc(-c2[nH]nc(Nc3ccc(C(=O)NCCCC(=O)N[C@H](C(=O)N4C[C@H](O)CC4C(=O)NCc4ccc(-c5scnc5C)cc4)C(C)(C)C)cn3)c2C(N)=O)cc1O[C@@H](C)c1ccc(C)cc1. The summed E-state index contributed by atoms with van der Waals surface area (Å²) in [6.45, 7) is 13.0. The van der Waals surface area contributed by atoms with Crippen LogP contribution in [0.4, 0.5) is 17.3 Å². The molecule has 0 saturated carbocycles. The van der Waals surface area contributed by atoms with E-state index < -0.39 is 69.3 Å². The number of amides is 5. The van der Waals surface area contributed by atoms with Crippen molar-refractivity contribution >= 4 is 68.2 Å². The molecule has 0 bridgehead atoms. The molecule has 22 heteroatoms. The van der Waals surface area contributed by atoms with Crippen LogP contribution in [0.1, 0.15) is 103 Å². The van der Waals surface area contributed by atoms with E-state index >= 15 is 0 Å². The summed E-state index contributed by atoms with van der Waals surface area (Å²) in [5.74, 6) is -2.30. The first-order valence-electron chi connectivity index (χ1n) is 24.4. The number of carbonyl (C=O) groups is 5. The molecule has 3 aromatic heterocycles. The average Bonchev–Trinajstić information content (AvgIpc) is 4.12. The van der Waals surface area contributed by atoms with Crippen LogP contribution in [0.3, 0.4) is 0 Å². The van der Waals surface area contributed by atoms with Crippen molar-refractivity contribution in [2.24, 2.45) is 11.1 Å². The van der Waals surface area contributed by atoms with Gasteiger partial charge in [-0.05, 0) is 80.5 Å². The van der Waals surface area contributed by atoms with E-state index in [1.165, 1.54) is 36.2 Å². The number of hydrogen-bond donors (Lipinski definition) is 8. The third-order valence-electron chi connectivity index (χ3n) is 12.6. The van der Waals surface area contributed by atoms with Crippen LogP contribution < -0.4 is 36.5 Å². The van der Waals surface area contributed by atoms with E-state index in [0.717, 1.165) is 32.8 Å². The topological polar surface area (TPSA) is 293 Å². The van der Waals surface area contributed by atoms with Gasteiger partial charge in [-0.1, -0.05) is 80.9 Å². The highest BCUT2D eigenvalue weighted by Crippen LogP contribution is 2.37. The van der Waals surface area contributed by atoms with Gasteiger partial charge in [0, 0.05) is 44.2 Å². The molecule has 0 radical (unpaired) electrons. The number of ether oxygens (including phenoxy) is 1. The predicted molar refractivity (Wildman–Crippen MR) is 287 cm³/mol. The lowest BCUT2D eigenvalue weighted by molar-refractivity contribution is -0.144. The van der Waals surface area contributed by atoms with Crippen molar-refractivity contribution in [3.63, 3.8) is 0 Å². The molecule has 396 valence electrons. The maximum atomic E-state index is 14.1. The van der Waals surface area contributed by atoms with E-state index in [1.54, 1.807) is 49.8 Å². The summed E-state index contributed by atoms with van der Waals surface area (Å²) in [4.78, 5) is 78.0. The Kier molecular flexibility index (Phi) is 17.4. The van der Waals surface area contributed by atoms with Gasteiger partial charge >= 0.3 is 0 Å². The van der Waals surface area contributed by atoms with Crippen molar-refractivity contribution in [3.8, 4) is 27.4 Å².